The first-order valence-electron chi connectivity index (χ1n) is 13.4. The molecule has 10 heteroatoms. The van der Waals surface area contributed by atoms with Gasteiger partial charge in [0, 0.05) is 23.8 Å². The molecule has 0 aromatic heterocycles. The zero-order valence-corrected chi connectivity index (χ0v) is 22.0. The highest BCUT2D eigenvalue weighted by atomic mass is 16.4. The van der Waals surface area contributed by atoms with Crippen molar-refractivity contribution in [3.05, 3.63) is 22.5 Å². The molecule has 4 rings (SSSR count). The van der Waals surface area contributed by atoms with E-state index in [9.17, 15) is 51.1 Å². The van der Waals surface area contributed by atoms with Gasteiger partial charge in [-0.15, -0.1) is 0 Å². The van der Waals surface area contributed by atoms with Crippen molar-refractivity contribution in [1.29, 1.82) is 0 Å². The standard InChI is InChI=1S/C27H44O10/c1-5-9-24(3,4)10-15(29)18-16(30)11-25(35)23(34)26(36)12(2)13-7-6-8-14(28)17(13)20(31)19(26)22(33)27(25,37)21(18)32/h12,14-15,19-23,28-37H,5-11H2,1-4H3. The van der Waals surface area contributed by atoms with E-state index in [1.807, 2.05) is 20.8 Å². The van der Waals surface area contributed by atoms with Gasteiger partial charge in [-0.3, -0.25) is 0 Å². The quantitative estimate of drug-likeness (QED) is 0.208. The first-order chi connectivity index (χ1) is 17.0. The molecule has 0 aliphatic heterocycles. The Hall–Kier alpha value is -1.08. The van der Waals surface area contributed by atoms with Crippen LogP contribution in [0.3, 0.4) is 0 Å². The summed E-state index contributed by atoms with van der Waals surface area (Å²) in [5.74, 6) is -3.28. The fraction of sp³-hybridized carbons (Fsp3) is 0.852. The van der Waals surface area contributed by atoms with Gasteiger partial charge in [0.25, 0.3) is 0 Å². The van der Waals surface area contributed by atoms with E-state index < -0.39 is 82.9 Å². The van der Waals surface area contributed by atoms with Gasteiger partial charge in [-0.2, -0.15) is 0 Å². The maximum absolute atomic E-state index is 11.9. The molecule has 4 aliphatic carbocycles. The second kappa shape index (κ2) is 9.25. The molecule has 1 fully saturated rings. The first kappa shape index (κ1) is 28.9. The van der Waals surface area contributed by atoms with Crippen molar-refractivity contribution >= 4 is 0 Å². The Bertz CT molecular complexity index is 976. The first-order valence-corrected chi connectivity index (χ1v) is 13.4. The summed E-state index contributed by atoms with van der Waals surface area (Å²) in [6.45, 7) is 7.33. The van der Waals surface area contributed by atoms with Crippen molar-refractivity contribution in [3.63, 3.8) is 0 Å². The van der Waals surface area contributed by atoms with Crippen molar-refractivity contribution in [1.82, 2.24) is 0 Å². The van der Waals surface area contributed by atoms with Crippen molar-refractivity contribution in [3.8, 4) is 0 Å². The number of hydrogen-bond donors (Lipinski definition) is 10. The summed E-state index contributed by atoms with van der Waals surface area (Å²) in [5.41, 5.74) is -8.24. The summed E-state index contributed by atoms with van der Waals surface area (Å²) < 4.78 is 0. The van der Waals surface area contributed by atoms with Crippen molar-refractivity contribution in [2.75, 3.05) is 0 Å². The monoisotopic (exact) mass is 528 g/mol. The van der Waals surface area contributed by atoms with E-state index in [2.05, 4.69) is 0 Å². The Labute approximate surface area is 217 Å². The maximum atomic E-state index is 11.9. The van der Waals surface area contributed by atoms with E-state index in [0.717, 1.165) is 12.8 Å². The molecular formula is C27H44O10. The zero-order chi connectivity index (χ0) is 27.9. The van der Waals surface area contributed by atoms with E-state index in [4.69, 9.17) is 0 Å². The predicted octanol–water partition coefficient (Wildman–Crippen LogP) is -0.463. The Kier molecular flexibility index (Phi) is 7.23. The molecular weight excluding hydrogens is 484 g/mol. The van der Waals surface area contributed by atoms with E-state index in [0.29, 0.717) is 24.8 Å². The summed E-state index contributed by atoms with van der Waals surface area (Å²) in [6.07, 6.45) is -8.71. The van der Waals surface area contributed by atoms with Crippen LogP contribution in [0.5, 0.6) is 0 Å². The van der Waals surface area contributed by atoms with Gasteiger partial charge in [-0.25, -0.2) is 0 Å². The summed E-state index contributed by atoms with van der Waals surface area (Å²) in [7, 11) is 0. The van der Waals surface area contributed by atoms with Crippen LogP contribution in [-0.4, -0.2) is 104 Å². The lowest BCUT2D eigenvalue weighted by molar-refractivity contribution is -0.367. The molecule has 0 bridgehead atoms. The molecule has 10 nitrogen and oxygen atoms in total. The number of aliphatic hydroxyl groups excluding tert-OH is 7. The van der Waals surface area contributed by atoms with Crippen LogP contribution in [0.1, 0.15) is 72.6 Å². The second-order valence-corrected chi connectivity index (χ2v) is 12.7. The average Bonchev–Trinajstić information content (AvgIpc) is 2.79. The SMILES string of the molecule is CCCC(C)(C)CC(O)C1=C(O)CC2(O)C(O)C3(O)C(C)C4=C(C(O)CCC4)C(O)C3C(O)C2(O)C1O. The smallest absolute Gasteiger partial charge is 0.152 e. The largest absolute Gasteiger partial charge is 0.512 e. The lowest BCUT2D eigenvalue weighted by Gasteiger charge is -2.67. The van der Waals surface area contributed by atoms with Crippen molar-refractivity contribution in [2.45, 2.75) is 126 Å². The molecule has 0 radical (unpaired) electrons. The van der Waals surface area contributed by atoms with Crippen LogP contribution in [0.25, 0.3) is 0 Å². The van der Waals surface area contributed by atoms with Crippen LogP contribution >= 0.6 is 0 Å². The van der Waals surface area contributed by atoms with Gasteiger partial charge in [0.1, 0.15) is 23.4 Å². The van der Waals surface area contributed by atoms with Gasteiger partial charge in [-0.05, 0) is 43.1 Å². The highest BCUT2D eigenvalue weighted by Gasteiger charge is 2.78. The highest BCUT2D eigenvalue weighted by molar-refractivity contribution is 5.43. The van der Waals surface area contributed by atoms with Crippen LogP contribution in [0, 0.1) is 17.3 Å². The van der Waals surface area contributed by atoms with Gasteiger partial charge in [-0.1, -0.05) is 39.7 Å². The van der Waals surface area contributed by atoms with Crippen LogP contribution in [0.15, 0.2) is 22.5 Å². The van der Waals surface area contributed by atoms with Crippen molar-refractivity contribution < 1.29 is 51.1 Å². The van der Waals surface area contributed by atoms with E-state index in [1.54, 1.807) is 6.92 Å². The molecule has 11 atom stereocenters. The zero-order valence-electron chi connectivity index (χ0n) is 22.0. The fourth-order valence-corrected chi connectivity index (χ4v) is 8.02. The fourth-order valence-electron chi connectivity index (χ4n) is 8.02. The number of hydrogen-bond acceptors (Lipinski definition) is 10. The molecule has 11 unspecified atom stereocenters. The maximum Gasteiger partial charge on any atom is 0.152 e. The normalized spacial score (nSPS) is 47.3. The Morgan fingerprint density at radius 2 is 1.68 bits per heavy atom. The average molecular weight is 529 g/mol. The van der Waals surface area contributed by atoms with E-state index in [1.165, 1.54) is 0 Å². The third-order valence-electron chi connectivity index (χ3n) is 9.95. The third kappa shape index (κ3) is 3.79. The van der Waals surface area contributed by atoms with Crippen LogP contribution < -0.4 is 0 Å². The molecule has 1 saturated carbocycles. The molecule has 4 aliphatic rings. The van der Waals surface area contributed by atoms with Crippen molar-refractivity contribution in [2.24, 2.45) is 17.3 Å². The second-order valence-electron chi connectivity index (χ2n) is 12.7. The van der Waals surface area contributed by atoms with Gasteiger partial charge >= 0.3 is 0 Å². The topological polar surface area (TPSA) is 202 Å². The summed E-state index contributed by atoms with van der Waals surface area (Å²) >= 11 is 0. The Morgan fingerprint density at radius 3 is 2.27 bits per heavy atom. The number of rotatable bonds is 5. The summed E-state index contributed by atoms with van der Waals surface area (Å²) in [6, 6.07) is 0. The molecule has 0 saturated heterocycles. The highest BCUT2D eigenvalue weighted by Crippen LogP contribution is 2.60. The number of fused-ring (bicyclic) bond motifs is 2. The molecule has 0 spiro atoms. The minimum absolute atomic E-state index is 0.0971. The molecule has 10 N–H and O–H groups in total. The van der Waals surface area contributed by atoms with Gasteiger partial charge in [0.05, 0.1) is 30.2 Å². The molecule has 212 valence electrons. The molecule has 0 heterocycles. The summed E-state index contributed by atoms with van der Waals surface area (Å²) in [5, 5.41) is 114. The molecule has 0 aromatic carbocycles. The molecule has 0 amide bonds. The van der Waals surface area contributed by atoms with E-state index in [-0.39, 0.29) is 17.6 Å². The molecule has 37 heavy (non-hydrogen) atoms. The minimum Gasteiger partial charge on any atom is -0.512 e. The summed E-state index contributed by atoms with van der Waals surface area (Å²) in [4.78, 5) is 0. The molecule has 0 aromatic rings. The number of aliphatic hydroxyl groups is 10. The third-order valence-corrected chi connectivity index (χ3v) is 9.95. The van der Waals surface area contributed by atoms with Crippen LogP contribution in [0.2, 0.25) is 0 Å². The van der Waals surface area contributed by atoms with Crippen LogP contribution in [-0.2, 0) is 0 Å². The lowest BCUT2D eigenvalue weighted by Crippen LogP contribution is -2.87. The van der Waals surface area contributed by atoms with Gasteiger partial charge < -0.3 is 51.1 Å². The van der Waals surface area contributed by atoms with Gasteiger partial charge in [0.2, 0.25) is 0 Å². The van der Waals surface area contributed by atoms with Gasteiger partial charge in [0.15, 0.2) is 5.60 Å². The Balaban J connectivity index is 1.83. The minimum atomic E-state index is -2.97. The Morgan fingerprint density at radius 1 is 1.05 bits per heavy atom. The lowest BCUT2D eigenvalue weighted by atomic mass is 9.46. The predicted molar refractivity (Wildman–Crippen MR) is 132 cm³/mol. The van der Waals surface area contributed by atoms with Crippen LogP contribution in [0.4, 0.5) is 0 Å². The van der Waals surface area contributed by atoms with E-state index >= 15 is 0 Å².